The van der Waals surface area contributed by atoms with Crippen LogP contribution in [0.5, 0.6) is 11.5 Å². The van der Waals surface area contributed by atoms with Crippen LogP contribution in [0.15, 0.2) is 59.2 Å². The van der Waals surface area contributed by atoms with Crippen LogP contribution < -0.4 is 25.1 Å². The van der Waals surface area contributed by atoms with Crippen molar-refractivity contribution >= 4 is 86.2 Å². The summed E-state index contributed by atoms with van der Waals surface area (Å²) in [5, 5.41) is 41.7. The number of hydrazone groups is 1. The zero-order chi connectivity index (χ0) is 60.3. The minimum atomic E-state index is -1.96. The predicted octanol–water partition coefficient (Wildman–Crippen LogP) is 6.46. The largest absolute Gasteiger partial charge is 0.495 e. The summed E-state index contributed by atoms with van der Waals surface area (Å²) in [6.45, 7) is 10.5. The summed E-state index contributed by atoms with van der Waals surface area (Å²) in [5.74, 6) is -2.66. The first kappa shape index (κ1) is 65.3. The number of esters is 1. The number of amides is 5. The molecule has 450 valence electrons. The number of aliphatic hydroxyl groups is 3. The summed E-state index contributed by atoms with van der Waals surface area (Å²) >= 11 is 6.80. The van der Waals surface area contributed by atoms with E-state index in [0.29, 0.717) is 53.7 Å². The van der Waals surface area contributed by atoms with Crippen molar-refractivity contribution in [3.63, 3.8) is 0 Å². The Morgan fingerprint density at radius 2 is 1.80 bits per heavy atom. The molecular weight excluding hydrogens is 1120 g/mol. The molecule has 2 aromatic carbocycles. The molecule has 6 rings (SSSR count). The maximum atomic E-state index is 14.3. The molecule has 0 saturated carbocycles. The summed E-state index contributed by atoms with van der Waals surface area (Å²) in [6.07, 6.45) is 1.26. The van der Waals surface area contributed by atoms with Crippen LogP contribution in [0.4, 0.5) is 10.5 Å². The summed E-state index contributed by atoms with van der Waals surface area (Å²) in [6, 6.07) is 7.87. The fourth-order valence-corrected chi connectivity index (χ4v) is 12.7. The fourth-order valence-electron chi connectivity index (χ4n) is 9.93. The van der Waals surface area contributed by atoms with Gasteiger partial charge in [-0.05, 0) is 114 Å². The van der Waals surface area contributed by atoms with Crippen LogP contribution in [0.2, 0.25) is 5.02 Å². The first-order chi connectivity index (χ1) is 38.6. The number of carbonyl (C=O) groups is 7. The van der Waals surface area contributed by atoms with E-state index < -0.39 is 88.8 Å². The number of halogens is 1. The number of rotatable bonds is 19. The Bertz CT molecular complexity index is 2800. The quantitative estimate of drug-likeness (QED) is 0.0436. The number of anilines is 1. The van der Waals surface area contributed by atoms with E-state index in [1.165, 1.54) is 73.6 Å². The normalized spacial score (nSPS) is 26.2. The van der Waals surface area contributed by atoms with Crippen LogP contribution in [-0.2, 0) is 60.7 Å². The summed E-state index contributed by atoms with van der Waals surface area (Å²) in [4.78, 5) is 99.6. The molecule has 2 saturated heterocycles. The molecule has 5 amide bonds. The molecule has 8 atom stereocenters. The van der Waals surface area contributed by atoms with Gasteiger partial charge in [0.05, 0.1) is 43.6 Å². The average molecular weight is 1200 g/mol. The molecule has 4 bridgehead atoms. The van der Waals surface area contributed by atoms with Crippen LogP contribution >= 0.6 is 33.2 Å². The summed E-state index contributed by atoms with van der Waals surface area (Å²) in [5.41, 5.74) is 3.34. The fraction of sp³-hybridized carbons (Fsp3) is 0.579. The molecule has 25 heteroatoms. The number of ether oxygens (including phenoxy) is 5. The van der Waals surface area contributed by atoms with E-state index in [1.54, 1.807) is 37.3 Å². The third kappa shape index (κ3) is 17.3. The van der Waals surface area contributed by atoms with Crippen molar-refractivity contribution in [2.24, 2.45) is 11.0 Å². The number of aryl methyl sites for hydroxylation is 1. The number of hydroxylamine groups is 2. The molecule has 1 aliphatic carbocycles. The monoisotopic (exact) mass is 1200 g/mol. The third-order valence-electron chi connectivity index (χ3n) is 14.7. The number of fused-ring (bicyclic) bond motifs is 5. The Labute approximate surface area is 491 Å². The number of allylic oxidation sites excluding steroid dienone is 3. The van der Waals surface area contributed by atoms with Crippen molar-refractivity contribution in [3.05, 3.63) is 75.8 Å². The van der Waals surface area contributed by atoms with E-state index >= 15 is 0 Å². The number of hydrogen-bond donors (Lipinski definition) is 5. The number of alkyl carbamates (subject to hydrolysis) is 1. The number of likely N-dealkylation sites (N-methyl/N-ethyl adjacent to an activating group) is 1. The minimum Gasteiger partial charge on any atom is -0.495 e. The van der Waals surface area contributed by atoms with E-state index in [9.17, 15) is 48.9 Å². The summed E-state index contributed by atoms with van der Waals surface area (Å²) in [7, 11) is 8.63. The van der Waals surface area contributed by atoms with Gasteiger partial charge in [-0.15, -0.1) is 5.06 Å². The predicted molar refractivity (Wildman–Crippen MR) is 309 cm³/mol. The second kappa shape index (κ2) is 28.6. The molecule has 3 heterocycles. The molecule has 3 aliphatic heterocycles. The van der Waals surface area contributed by atoms with Gasteiger partial charge in [0.1, 0.15) is 40.9 Å². The molecular formula is C57H77ClN6O16S2. The zero-order valence-corrected chi connectivity index (χ0v) is 50.5. The minimum absolute atomic E-state index is 0.00218. The molecule has 4 aliphatic rings. The van der Waals surface area contributed by atoms with Crippen molar-refractivity contribution < 1.29 is 77.4 Å². The van der Waals surface area contributed by atoms with Gasteiger partial charge in [-0.3, -0.25) is 24.5 Å². The second-order valence-electron chi connectivity index (χ2n) is 22.0. The van der Waals surface area contributed by atoms with E-state index in [1.807, 2.05) is 39.0 Å². The lowest BCUT2D eigenvalue weighted by atomic mass is 9.81. The molecule has 2 unspecified atom stereocenters. The third-order valence-corrected chi connectivity index (χ3v) is 18.4. The molecule has 22 nitrogen and oxygen atoms in total. The van der Waals surface area contributed by atoms with Crippen molar-refractivity contribution in [2.45, 2.75) is 165 Å². The lowest BCUT2D eigenvalue weighted by Crippen LogP contribution is -2.63. The standard InChI is InChI=1S/C57H77ClN6O16S2/c1-33-13-11-14-44(76-10)57(74)31-43(78-54(72)59-57)34(2)30-56(6,73)45(29-50(69)63(8)41-26-36(25-33)27-42(75-9)52(41)58)79-53(71)35(3)62(7)47(66)22-24-81-82-55(4,5)32-46(65)61-60-40-19-16-37-28-38(17-18-39(37)40)77-23-12-15-51(70)80-64-48(67)20-21-49(64)68/h11,13-14,17-18,26-28,34-35,43-45,48,67,73-74H,12,15-16,19-25,29-32H2,1-10H3,(H,59,72)(H,61,65)/b14-11+,33-13+,60-40+/t34-,35-,43-,44+,45-,48?,56?,57-/m0/s1. The number of carbonyl (C=O) groups excluding carboxylic acids is 7. The van der Waals surface area contributed by atoms with E-state index in [-0.39, 0.29) is 68.4 Å². The number of hydrogen-bond acceptors (Lipinski definition) is 19. The molecule has 0 aromatic heterocycles. The number of nitrogens with zero attached hydrogens (tertiary/aromatic N) is 4. The molecule has 2 aromatic rings. The molecule has 5 N–H and O–H groups in total. The Kier molecular flexibility index (Phi) is 22.8. The topological polar surface area (TPSA) is 282 Å². The smallest absolute Gasteiger partial charge is 0.409 e. The Morgan fingerprint density at radius 1 is 1.06 bits per heavy atom. The number of benzene rings is 2. The van der Waals surface area contributed by atoms with Crippen molar-refractivity contribution in [3.8, 4) is 11.5 Å². The number of methoxy groups -OCH3 is 2. The summed E-state index contributed by atoms with van der Waals surface area (Å²) < 4.78 is 28.2. The van der Waals surface area contributed by atoms with Crippen molar-refractivity contribution in [2.75, 3.05) is 45.6 Å². The zero-order valence-electron chi connectivity index (χ0n) is 48.1. The van der Waals surface area contributed by atoms with E-state index in [0.717, 1.165) is 28.0 Å². The van der Waals surface area contributed by atoms with Crippen molar-refractivity contribution in [1.29, 1.82) is 0 Å². The first-order valence-electron chi connectivity index (χ1n) is 27.2. The maximum absolute atomic E-state index is 14.3. The van der Waals surface area contributed by atoms with Gasteiger partial charge in [-0.1, -0.05) is 63.9 Å². The van der Waals surface area contributed by atoms with Crippen LogP contribution in [-0.4, -0.2) is 160 Å². The first-order valence-corrected chi connectivity index (χ1v) is 29.9. The molecule has 0 spiro atoms. The van der Waals surface area contributed by atoms with E-state index in [2.05, 4.69) is 15.8 Å². The van der Waals surface area contributed by atoms with Crippen molar-refractivity contribution in [1.82, 2.24) is 20.7 Å². The highest BCUT2D eigenvalue weighted by Crippen LogP contribution is 2.40. The Hall–Kier alpha value is -5.89. The van der Waals surface area contributed by atoms with Gasteiger partial charge in [0.15, 0.2) is 12.0 Å². The van der Waals surface area contributed by atoms with Crippen LogP contribution in [0, 0.1) is 5.92 Å². The SMILES string of the molecule is COc1cc2cc(c1Cl)N(C)C(=O)C[C@H](OC(=O)[C@H](C)N(C)C(=O)CCSSC(C)(C)CC(=O)N/N=C1\CCc3cc(OCCCC(=O)ON4C(=O)CCC4O)ccc31)C(C)(O)C[C@H](C)[C@@H]1C[C@@](O)(NC(=O)O1)[C@H](OC)/C=C/C=C(\C)C2. The maximum Gasteiger partial charge on any atom is 0.409 e. The lowest BCUT2D eigenvalue weighted by molar-refractivity contribution is -0.220. The van der Waals surface area contributed by atoms with Crippen LogP contribution in [0.25, 0.3) is 0 Å². The second-order valence-corrected chi connectivity index (χ2v) is 25.5. The van der Waals surface area contributed by atoms with Gasteiger partial charge in [0, 0.05) is 69.4 Å². The van der Waals surface area contributed by atoms with Crippen LogP contribution in [0.1, 0.15) is 122 Å². The molecule has 0 radical (unpaired) electrons. The Balaban J connectivity index is 1.02. The van der Waals surface area contributed by atoms with Gasteiger partial charge in [-0.25, -0.2) is 19.8 Å². The highest BCUT2D eigenvalue weighted by molar-refractivity contribution is 8.77. The van der Waals surface area contributed by atoms with Gasteiger partial charge in [-0.2, -0.15) is 5.10 Å². The van der Waals surface area contributed by atoms with E-state index in [4.69, 9.17) is 40.1 Å². The van der Waals surface area contributed by atoms with Gasteiger partial charge >= 0.3 is 18.0 Å². The molecule has 82 heavy (non-hydrogen) atoms. The average Bonchev–Trinajstić information content (AvgIpc) is 3.67. The van der Waals surface area contributed by atoms with Crippen LogP contribution in [0.3, 0.4) is 0 Å². The molecule has 2 fully saturated rings. The highest BCUT2D eigenvalue weighted by atomic mass is 35.5. The van der Waals surface area contributed by atoms with Gasteiger partial charge in [0.25, 0.3) is 5.91 Å². The van der Waals surface area contributed by atoms with Gasteiger partial charge in [0.2, 0.25) is 17.7 Å². The highest BCUT2D eigenvalue weighted by Gasteiger charge is 2.49. The Morgan fingerprint density at radius 3 is 2.50 bits per heavy atom. The lowest BCUT2D eigenvalue weighted by Gasteiger charge is -2.43. The number of nitrogens with one attached hydrogen (secondary N) is 2. The van der Waals surface area contributed by atoms with Gasteiger partial charge < -0.3 is 53.6 Å². The number of aliphatic hydroxyl groups excluding tert-OH is 1.